The van der Waals surface area contributed by atoms with Gasteiger partial charge in [0.1, 0.15) is 6.07 Å². The van der Waals surface area contributed by atoms with E-state index in [0.29, 0.717) is 60.8 Å². The van der Waals surface area contributed by atoms with Crippen LogP contribution < -0.4 is 0 Å². The Labute approximate surface area is 459 Å². The van der Waals surface area contributed by atoms with E-state index < -0.39 is 70.0 Å². The Hall–Kier alpha value is -9.28. The van der Waals surface area contributed by atoms with Gasteiger partial charge in [-0.25, -0.2) is 4.85 Å². The highest BCUT2D eigenvalue weighted by Gasteiger charge is 2.45. The fourth-order valence-corrected chi connectivity index (χ4v) is 12.8. The van der Waals surface area contributed by atoms with Crippen LogP contribution in [0.2, 0.25) is 0 Å². The molecule has 2 atom stereocenters. The van der Waals surface area contributed by atoms with Crippen molar-refractivity contribution in [3.8, 4) is 39.7 Å². The first-order valence-corrected chi connectivity index (χ1v) is 25.7. The zero-order valence-corrected chi connectivity index (χ0v) is 43.3. The van der Waals surface area contributed by atoms with Gasteiger partial charge in [-0.1, -0.05) is 96.1 Å². The second kappa shape index (κ2) is 17.6. The first-order valence-electron chi connectivity index (χ1n) is 25.7. The monoisotopic (exact) mass is 1110 g/mol. The van der Waals surface area contributed by atoms with Gasteiger partial charge in [0.15, 0.2) is 0 Å². The van der Waals surface area contributed by atoms with Crippen molar-refractivity contribution in [2.75, 3.05) is 0 Å². The predicted octanol–water partition coefficient (Wildman–Crippen LogP) is 19.9. The maximum Gasteiger partial charge on any atom is 0.416 e. The van der Waals surface area contributed by atoms with Crippen molar-refractivity contribution in [3.63, 3.8) is 0 Å². The minimum Gasteiger partial charge on any atom is -0.319 e. The summed E-state index contributed by atoms with van der Waals surface area (Å²) in [5.74, 6) is -2.98. The molecule has 0 amide bonds. The highest BCUT2D eigenvalue weighted by Crippen LogP contribution is 2.61. The first-order chi connectivity index (χ1) is 38.8. The molecular formula is C66H38F12N4. The van der Waals surface area contributed by atoms with Gasteiger partial charge in [0.2, 0.25) is 5.69 Å². The lowest BCUT2D eigenvalue weighted by Gasteiger charge is -2.31. The Morgan fingerprint density at radius 2 is 0.695 bits per heavy atom. The minimum atomic E-state index is -4.98. The van der Waals surface area contributed by atoms with Crippen LogP contribution >= 0.6 is 0 Å². The van der Waals surface area contributed by atoms with Gasteiger partial charge in [-0.3, -0.25) is 0 Å². The predicted molar refractivity (Wildman–Crippen MR) is 291 cm³/mol. The quantitative estimate of drug-likeness (QED) is 0.128. The fraction of sp³-hybridized carbons (Fsp3) is 0.152. The minimum absolute atomic E-state index is 0.0154. The Morgan fingerprint density at radius 3 is 1.09 bits per heavy atom. The highest BCUT2D eigenvalue weighted by atomic mass is 19.4. The normalized spacial score (nSPS) is 15.0. The molecule has 13 rings (SSSR count). The molecule has 4 nitrogen and oxygen atoms in total. The third-order valence-corrected chi connectivity index (χ3v) is 16.2. The average molecular weight is 1120 g/mol. The van der Waals surface area contributed by atoms with Crippen LogP contribution in [-0.2, 0) is 24.7 Å². The molecule has 0 saturated heterocycles. The van der Waals surface area contributed by atoms with E-state index in [0.717, 1.165) is 48.5 Å². The lowest BCUT2D eigenvalue weighted by atomic mass is 9.78. The zero-order valence-electron chi connectivity index (χ0n) is 43.3. The van der Waals surface area contributed by atoms with Crippen molar-refractivity contribution in [1.82, 2.24) is 9.13 Å². The summed E-state index contributed by atoms with van der Waals surface area (Å²) < 4.78 is 186. The molecule has 2 heterocycles. The van der Waals surface area contributed by atoms with E-state index in [1.54, 1.807) is 100 Å². The van der Waals surface area contributed by atoms with Crippen LogP contribution in [0.25, 0.3) is 82.1 Å². The summed E-state index contributed by atoms with van der Waals surface area (Å²) in [7, 11) is 0. The highest BCUT2D eigenvalue weighted by molar-refractivity contribution is 6.13. The molecule has 0 radical (unpaired) electrons. The van der Waals surface area contributed by atoms with Crippen LogP contribution in [0.15, 0.2) is 146 Å². The molecule has 0 fully saturated rings. The number of rotatable bonds is 4. The summed E-state index contributed by atoms with van der Waals surface area (Å²) in [4.78, 5) is 4.25. The van der Waals surface area contributed by atoms with Crippen LogP contribution in [0.4, 0.5) is 58.4 Å². The van der Waals surface area contributed by atoms with Gasteiger partial charge in [-0.15, -0.1) is 0 Å². The third-order valence-electron chi connectivity index (χ3n) is 16.2. The molecule has 2 aromatic heterocycles. The molecule has 2 aliphatic rings. The summed E-state index contributed by atoms with van der Waals surface area (Å²) in [6.07, 6.45) is -19.9. The number of fused-ring (bicyclic) bond motifs is 12. The summed E-state index contributed by atoms with van der Waals surface area (Å²) in [5.41, 5.74) is -1.87. The van der Waals surface area contributed by atoms with Gasteiger partial charge in [0.05, 0.1) is 67.8 Å². The molecule has 2 unspecified atom stereocenters. The van der Waals surface area contributed by atoms with Crippen molar-refractivity contribution >= 4 is 49.3 Å². The molecule has 11 aromatic rings. The Bertz CT molecular complexity index is 4550. The molecule has 0 saturated carbocycles. The summed E-state index contributed by atoms with van der Waals surface area (Å²) in [6, 6.07) is 34.8. The van der Waals surface area contributed by atoms with Gasteiger partial charge >= 0.3 is 24.7 Å². The number of alkyl halides is 12. The van der Waals surface area contributed by atoms with Crippen molar-refractivity contribution < 1.29 is 52.7 Å². The topological polar surface area (TPSA) is 38.0 Å². The number of benzene rings is 9. The van der Waals surface area contributed by atoms with E-state index in [9.17, 15) is 11.8 Å². The van der Waals surface area contributed by atoms with Gasteiger partial charge in [0, 0.05) is 38.9 Å². The van der Waals surface area contributed by atoms with Crippen LogP contribution in [0.3, 0.4) is 0 Å². The van der Waals surface area contributed by atoms with E-state index in [2.05, 4.69) is 10.9 Å². The van der Waals surface area contributed by atoms with Gasteiger partial charge in [0.25, 0.3) is 0 Å². The summed E-state index contributed by atoms with van der Waals surface area (Å²) in [6.45, 7) is 16.4. The first kappa shape index (κ1) is 52.1. The Kier molecular flexibility index (Phi) is 11.2. The van der Waals surface area contributed by atoms with E-state index >= 15 is 52.7 Å². The van der Waals surface area contributed by atoms with Crippen molar-refractivity contribution in [2.24, 2.45) is 0 Å². The van der Waals surface area contributed by atoms with Gasteiger partial charge < -0.3 is 9.13 Å². The van der Waals surface area contributed by atoms with Gasteiger partial charge in [-0.2, -0.15) is 57.9 Å². The van der Waals surface area contributed by atoms with Crippen molar-refractivity contribution in [3.05, 3.63) is 240 Å². The molecule has 0 aliphatic heterocycles. The largest absolute Gasteiger partial charge is 0.416 e. The van der Waals surface area contributed by atoms with Crippen molar-refractivity contribution in [1.29, 1.82) is 5.26 Å². The molecule has 0 bridgehead atoms. The lowest BCUT2D eigenvalue weighted by Crippen LogP contribution is -2.18. The number of aromatic nitrogens is 2. The molecule has 0 spiro atoms. The van der Waals surface area contributed by atoms with E-state index in [1.807, 2.05) is 0 Å². The SMILES string of the molecule is [C-]#[N+]c1c(C2c3cc(C)ccc3-c3ccc(C(F)(F)F)cc32)c(C#N)c(-n2c3cc(C)ccc3c3ccc(C(F)(F)F)cc32)c(C2c3cc(C)ccc3-c3ccc(C(F)(F)F)cc32)c1-n1c2cc(C)ccc2c2ccc(C(F)(F)F)cc21. The van der Waals surface area contributed by atoms with E-state index in [1.165, 1.54) is 33.4 Å². The van der Waals surface area contributed by atoms with Crippen LogP contribution in [-0.4, -0.2) is 9.13 Å². The number of hydrogen-bond acceptors (Lipinski definition) is 1. The molecule has 2 aliphatic carbocycles. The summed E-state index contributed by atoms with van der Waals surface area (Å²) >= 11 is 0. The standard InChI is InChI=1S/C66H38F12N4/c1-31-6-14-39-41-18-10-35(63(67,68)69)26-49(41)56(47(39)22-31)58-51(30-79)61(81-52-24-33(3)8-16-43(52)45-20-12-37(28-54(45)81)65(73,74)75)59(57-48-23-32(2)7-15-40(48)42-19-11-36(27-50(42)57)64(70,71)72)62(60(58)80-5)82-53-25-34(4)9-17-44(53)46-21-13-38(29-55(46)82)66(76,77)78/h6-29,56-57H,1-4H3. The number of aryl methyl sites for hydroxylation is 4. The Morgan fingerprint density at radius 1 is 0.390 bits per heavy atom. The number of nitrogens with zero attached hydrogens (tertiary/aromatic N) is 4. The maximum atomic E-state index is 15.3. The average Bonchev–Trinajstić information content (AvgIpc) is 2.06. The van der Waals surface area contributed by atoms with Crippen LogP contribution in [0.1, 0.15) is 95.3 Å². The van der Waals surface area contributed by atoms with Crippen LogP contribution in [0, 0.1) is 45.6 Å². The number of nitriles is 1. The van der Waals surface area contributed by atoms with Gasteiger partial charge in [-0.05, 0) is 150 Å². The maximum absolute atomic E-state index is 15.3. The molecule has 406 valence electrons. The number of hydrogen-bond donors (Lipinski definition) is 0. The molecule has 9 aromatic carbocycles. The van der Waals surface area contributed by atoms with E-state index in [-0.39, 0.29) is 72.0 Å². The second-order valence-corrected chi connectivity index (χ2v) is 21.3. The molecule has 0 N–H and O–H groups in total. The van der Waals surface area contributed by atoms with Crippen LogP contribution in [0.5, 0.6) is 0 Å². The van der Waals surface area contributed by atoms with Crippen molar-refractivity contribution in [2.45, 2.75) is 64.2 Å². The lowest BCUT2D eigenvalue weighted by molar-refractivity contribution is -0.138. The molecular weight excluding hydrogens is 1080 g/mol. The smallest absolute Gasteiger partial charge is 0.319 e. The third kappa shape index (κ3) is 7.74. The molecule has 16 heteroatoms. The van der Waals surface area contributed by atoms with E-state index in [4.69, 9.17) is 0 Å². The summed E-state index contributed by atoms with van der Waals surface area (Å²) in [5, 5.41) is 13.5. The second-order valence-electron chi connectivity index (χ2n) is 21.3. The zero-order chi connectivity index (χ0) is 58.0. The number of halogens is 12. The fourth-order valence-electron chi connectivity index (χ4n) is 12.8. The molecule has 82 heavy (non-hydrogen) atoms. The Balaban J connectivity index is 1.37.